The summed E-state index contributed by atoms with van der Waals surface area (Å²) in [5.41, 5.74) is 0. The van der Waals surface area contributed by atoms with Gasteiger partial charge >= 0.3 is 67.0 Å². The quantitative estimate of drug-likeness (QED) is 0.348. The van der Waals surface area contributed by atoms with Gasteiger partial charge in [0.1, 0.15) is 0 Å². The van der Waals surface area contributed by atoms with Crippen molar-refractivity contribution >= 4 is 63.6 Å². The molecule has 0 bridgehead atoms. The molecule has 0 aliphatic rings. The summed E-state index contributed by atoms with van der Waals surface area (Å²) >= 11 is 1.97. The van der Waals surface area contributed by atoms with E-state index in [1.165, 1.54) is 16.7 Å². The van der Waals surface area contributed by atoms with E-state index in [-0.39, 0.29) is 18.9 Å². The second-order valence-corrected chi connectivity index (χ2v) is 0. The van der Waals surface area contributed by atoms with Gasteiger partial charge in [-0.25, -0.2) is 0 Å². The summed E-state index contributed by atoms with van der Waals surface area (Å²) in [6.45, 7) is 0. The van der Waals surface area contributed by atoms with Crippen LogP contribution in [0.4, 0.5) is 3.38 Å². The fourth-order valence-electron chi connectivity index (χ4n) is 0. The molecular weight excluding hydrogens is 75.3 g/mol. The summed E-state index contributed by atoms with van der Waals surface area (Å²) < 4.78 is 9.50. The summed E-state index contributed by atoms with van der Waals surface area (Å²) in [5, 5.41) is 0. The first-order valence-corrected chi connectivity index (χ1v) is 1.51. The second-order valence-electron chi connectivity index (χ2n) is 0. The van der Waals surface area contributed by atoms with Gasteiger partial charge in [-0.15, -0.1) is 0 Å². The minimum atomic E-state index is 0. The average molecular weight is 76.3 g/mol. The van der Waals surface area contributed by atoms with Crippen molar-refractivity contribution in [3.63, 3.8) is 0 Å². The van der Waals surface area contributed by atoms with Crippen LogP contribution in [0.3, 0.4) is 0 Å². The van der Waals surface area contributed by atoms with Crippen LogP contribution in [-0.2, 0) is 0 Å². The molecule has 0 aliphatic heterocycles. The van der Waals surface area contributed by atoms with E-state index >= 15 is 0 Å². The Morgan fingerprint density at radius 1 is 1.20 bits per heavy atom. The van der Waals surface area contributed by atoms with Crippen LogP contribution in [0.15, 0.2) is 0 Å². The van der Waals surface area contributed by atoms with Gasteiger partial charge in [0.05, 0.1) is 0 Å². The van der Waals surface area contributed by atoms with Crippen molar-refractivity contribution in [3.05, 3.63) is 0 Å². The topological polar surface area (TPSA) is 0 Å². The molecule has 0 N–H and O–H groups in total. The molecule has 0 heterocycles. The van der Waals surface area contributed by atoms with E-state index in [0.29, 0.717) is 18.2 Å². The molecule has 0 aromatic carbocycles. The third-order valence-corrected chi connectivity index (χ3v) is 0. The van der Waals surface area contributed by atoms with Crippen LogP contribution in [0.25, 0.3) is 0 Å². The van der Waals surface area contributed by atoms with Crippen molar-refractivity contribution < 1.29 is 3.38 Å². The third-order valence-electron chi connectivity index (χ3n) is 0. The van der Waals surface area contributed by atoms with Crippen molar-refractivity contribution in [1.29, 1.82) is 0 Å². The van der Waals surface area contributed by atoms with Crippen molar-refractivity contribution in [1.82, 2.24) is 0 Å². The third kappa shape index (κ3) is 23.9. The first kappa shape index (κ1) is 15.7. The maximum atomic E-state index is 9.50. The molecule has 0 aromatic heterocycles. The Bertz CT molecular complexity index is 6.85. The molecule has 0 aliphatic carbocycles. The molecule has 0 atom stereocenters. The standard InChI is InChI=1S/ClH.FH.3Li.H/h2*1H;;;;/q;;;2*+1;/p-2. The van der Waals surface area contributed by atoms with Gasteiger partial charge in [-0.1, -0.05) is 0 Å². The number of halogens is 2. The summed E-state index contributed by atoms with van der Waals surface area (Å²) in [6, 6.07) is 0. The number of hydrogen-bond acceptors (Lipinski definition) is 0. The predicted octanol–water partition coefficient (Wildman–Crippen LogP) is -0.300. The first-order chi connectivity index (χ1) is 2.00. The van der Waals surface area contributed by atoms with Crippen LogP contribution in [0.5, 0.6) is 0 Å². The molecule has 0 amide bonds. The van der Waals surface area contributed by atoms with E-state index in [2.05, 4.69) is 9.80 Å². The molecule has 0 saturated heterocycles. The first-order valence-electron chi connectivity index (χ1n) is 0.756. The van der Waals surface area contributed by atoms with Crippen LogP contribution in [0.1, 0.15) is 0 Å². The van der Waals surface area contributed by atoms with Gasteiger partial charge in [-0.3, -0.25) is 0 Å². The molecule has 18 valence electrons. The Balaban J connectivity index is -0.0000000133. The molecule has 5 heteroatoms. The van der Waals surface area contributed by atoms with Crippen LogP contribution in [0, 0.1) is 0 Å². The number of hydrogen-bond donors (Lipinski definition) is 0. The Hall–Kier alpha value is 2.01. The molecule has 0 unspecified atom stereocenters. The summed E-state index contributed by atoms with van der Waals surface area (Å²) in [5.74, 6) is 0. The van der Waals surface area contributed by atoms with E-state index in [1.807, 2.05) is 0 Å². The second kappa shape index (κ2) is 37.3. The molecule has 0 radical (unpaired) electrons. The van der Waals surface area contributed by atoms with Crippen molar-refractivity contribution in [3.8, 4) is 0 Å². The van der Waals surface area contributed by atoms with E-state index in [1.54, 1.807) is 0 Å². The molecule has 5 heavy (non-hydrogen) atoms. The summed E-state index contributed by atoms with van der Waals surface area (Å²) in [4.78, 5) is 0. The van der Waals surface area contributed by atoms with E-state index in [0.717, 1.165) is 0 Å². The van der Waals surface area contributed by atoms with E-state index in [9.17, 15) is 3.38 Å². The van der Waals surface area contributed by atoms with Crippen LogP contribution >= 0.6 is 9.80 Å². The van der Waals surface area contributed by atoms with Crippen LogP contribution < -0.4 is 0 Å². The van der Waals surface area contributed by atoms with Gasteiger partial charge in [0.2, 0.25) is 0 Å². The summed E-state index contributed by atoms with van der Waals surface area (Å²) in [6.07, 6.45) is 0. The molecule has 0 aromatic rings. The maximum absolute atomic E-state index is 9.50. The van der Waals surface area contributed by atoms with Gasteiger partial charge < -0.3 is 0 Å². The summed E-state index contributed by atoms with van der Waals surface area (Å²) in [7, 11) is 4.64. The van der Waals surface area contributed by atoms with Crippen molar-refractivity contribution in [2.24, 2.45) is 0 Å². The Kier molecular flexibility index (Phi) is 117. The predicted molar refractivity (Wildman–Crippen MR) is 25.6 cm³/mol. The molecular formula is HClFLi3. The SMILES string of the molecule is [LiH].[Li][Cl].[Li][F]. The fraction of sp³-hybridized carbons (Fsp3) is 0. The normalized spacial score (nSPS) is 2.80. The minimum absolute atomic E-state index is 0. The van der Waals surface area contributed by atoms with E-state index < -0.39 is 0 Å². The van der Waals surface area contributed by atoms with Crippen LogP contribution in [-0.4, -0.2) is 53.8 Å². The Labute approximate surface area is 66.4 Å². The molecule has 0 saturated carbocycles. The van der Waals surface area contributed by atoms with Gasteiger partial charge in [0.25, 0.3) is 0 Å². The molecule has 0 fully saturated rings. The fourth-order valence-corrected chi connectivity index (χ4v) is 0. The van der Waals surface area contributed by atoms with Crippen LogP contribution in [0.2, 0.25) is 0 Å². The van der Waals surface area contributed by atoms with E-state index in [4.69, 9.17) is 0 Å². The zero-order chi connectivity index (χ0) is 4.00. The zero-order valence-corrected chi connectivity index (χ0v) is 3.51. The molecule has 0 spiro atoms. The Morgan fingerprint density at radius 3 is 1.20 bits per heavy atom. The van der Waals surface area contributed by atoms with Gasteiger partial charge in [0, 0.05) is 0 Å². The molecule has 0 rings (SSSR count). The zero-order valence-electron chi connectivity index (χ0n) is 2.76. The molecule has 0 nitrogen and oxygen atoms in total. The van der Waals surface area contributed by atoms with Gasteiger partial charge in [-0.05, 0) is 0 Å². The monoisotopic (exact) mass is 76.0 g/mol. The van der Waals surface area contributed by atoms with Gasteiger partial charge in [-0.2, -0.15) is 0 Å². The van der Waals surface area contributed by atoms with Crippen molar-refractivity contribution in [2.45, 2.75) is 0 Å². The number of rotatable bonds is 0. The average Bonchev–Trinajstić information content (AvgIpc) is 1.50. The van der Waals surface area contributed by atoms with Gasteiger partial charge in [0.15, 0.2) is 0 Å². The van der Waals surface area contributed by atoms with Crippen molar-refractivity contribution in [2.75, 3.05) is 0 Å². The Morgan fingerprint density at radius 2 is 1.20 bits per heavy atom.